The van der Waals surface area contributed by atoms with Gasteiger partial charge in [-0.3, -0.25) is 0 Å². The number of aromatic amines is 1. The number of benzene rings is 1. The molecule has 0 aliphatic rings. The minimum absolute atomic E-state index is 0.815. The number of thioether (sulfide) groups is 1. The van der Waals surface area contributed by atoms with Gasteiger partial charge in [0.1, 0.15) is 5.82 Å². The van der Waals surface area contributed by atoms with E-state index in [0.29, 0.717) is 0 Å². The molecule has 3 aromatic rings. The van der Waals surface area contributed by atoms with E-state index in [1.54, 1.807) is 6.20 Å². The van der Waals surface area contributed by atoms with Gasteiger partial charge in [0.15, 0.2) is 5.65 Å². The normalized spacial score (nSPS) is 11.0. The minimum Gasteiger partial charge on any atom is -0.340 e. The molecular formula is C15H15N3S. The van der Waals surface area contributed by atoms with E-state index in [2.05, 4.69) is 46.1 Å². The number of aromatic nitrogens is 3. The van der Waals surface area contributed by atoms with Crippen molar-refractivity contribution < 1.29 is 0 Å². The number of pyridine rings is 1. The van der Waals surface area contributed by atoms with E-state index < -0.39 is 0 Å². The summed E-state index contributed by atoms with van der Waals surface area (Å²) in [5.74, 6) is 2.88. The zero-order chi connectivity index (χ0) is 13.1. The summed E-state index contributed by atoms with van der Waals surface area (Å²) in [5, 5.41) is 0. The van der Waals surface area contributed by atoms with E-state index in [4.69, 9.17) is 0 Å². The first-order valence-corrected chi connectivity index (χ1v) is 7.40. The molecule has 1 aromatic carbocycles. The standard InChI is InChI=1S/C15H15N3S/c1-11-7-8-16-15-14(11)17-13(18-15)10-19-9-12-5-3-2-4-6-12/h2-8H,9-10H2,1H3,(H,16,17,18). The molecule has 0 fully saturated rings. The highest BCUT2D eigenvalue weighted by atomic mass is 32.2. The molecule has 0 aliphatic carbocycles. The maximum atomic E-state index is 4.52. The Balaban J connectivity index is 1.67. The number of nitrogens with one attached hydrogen (secondary N) is 1. The van der Waals surface area contributed by atoms with Crippen molar-refractivity contribution in [3.8, 4) is 0 Å². The van der Waals surface area contributed by atoms with E-state index in [0.717, 1.165) is 28.5 Å². The van der Waals surface area contributed by atoms with Crippen LogP contribution in [-0.2, 0) is 11.5 Å². The van der Waals surface area contributed by atoms with E-state index >= 15 is 0 Å². The molecule has 0 saturated heterocycles. The van der Waals surface area contributed by atoms with Crippen molar-refractivity contribution in [3.05, 3.63) is 59.5 Å². The highest BCUT2D eigenvalue weighted by Crippen LogP contribution is 2.19. The number of imidazole rings is 1. The number of hydrogen-bond donors (Lipinski definition) is 1. The molecule has 1 N–H and O–H groups in total. The van der Waals surface area contributed by atoms with Crippen LogP contribution in [0.15, 0.2) is 42.6 Å². The first kappa shape index (κ1) is 12.2. The van der Waals surface area contributed by atoms with Crippen molar-refractivity contribution in [1.82, 2.24) is 15.0 Å². The Bertz CT molecular complexity index is 676. The van der Waals surface area contributed by atoms with Gasteiger partial charge >= 0.3 is 0 Å². The van der Waals surface area contributed by atoms with Crippen LogP contribution in [0.1, 0.15) is 17.0 Å². The number of rotatable bonds is 4. The molecule has 0 unspecified atom stereocenters. The van der Waals surface area contributed by atoms with Crippen molar-refractivity contribution in [1.29, 1.82) is 0 Å². The molecule has 2 aromatic heterocycles. The summed E-state index contributed by atoms with van der Waals surface area (Å²) >= 11 is 1.86. The SMILES string of the molecule is Cc1ccnc2nc(CSCc3ccccc3)[nH]c12. The van der Waals surface area contributed by atoms with Crippen LogP contribution in [0.2, 0.25) is 0 Å². The monoisotopic (exact) mass is 269 g/mol. The van der Waals surface area contributed by atoms with Crippen LogP contribution in [0.3, 0.4) is 0 Å². The summed E-state index contributed by atoms with van der Waals surface area (Å²) in [4.78, 5) is 12.2. The van der Waals surface area contributed by atoms with Gasteiger partial charge in [-0.25, -0.2) is 9.97 Å². The first-order valence-electron chi connectivity index (χ1n) is 6.25. The van der Waals surface area contributed by atoms with Crippen molar-refractivity contribution in [2.45, 2.75) is 18.4 Å². The molecule has 96 valence electrons. The second kappa shape index (κ2) is 5.45. The topological polar surface area (TPSA) is 41.6 Å². The average Bonchev–Trinajstić information content (AvgIpc) is 2.84. The van der Waals surface area contributed by atoms with Crippen molar-refractivity contribution >= 4 is 22.9 Å². The molecule has 0 bridgehead atoms. The molecule has 0 saturated carbocycles. The van der Waals surface area contributed by atoms with Gasteiger partial charge in [-0.05, 0) is 24.1 Å². The number of aryl methyl sites for hydroxylation is 1. The smallest absolute Gasteiger partial charge is 0.177 e. The Hall–Kier alpha value is -1.81. The van der Waals surface area contributed by atoms with Crippen molar-refractivity contribution in [2.75, 3.05) is 0 Å². The summed E-state index contributed by atoms with van der Waals surface area (Å²) in [7, 11) is 0. The van der Waals surface area contributed by atoms with Crippen LogP contribution in [0.25, 0.3) is 11.2 Å². The molecule has 0 amide bonds. The van der Waals surface area contributed by atoms with Gasteiger partial charge in [0.25, 0.3) is 0 Å². The third kappa shape index (κ3) is 2.79. The quantitative estimate of drug-likeness (QED) is 0.785. The third-order valence-electron chi connectivity index (χ3n) is 3.00. The molecule has 2 heterocycles. The van der Waals surface area contributed by atoms with Gasteiger partial charge in [0, 0.05) is 11.9 Å². The number of fused-ring (bicyclic) bond motifs is 1. The molecule has 0 aliphatic heterocycles. The fraction of sp³-hybridized carbons (Fsp3) is 0.200. The molecule has 3 nitrogen and oxygen atoms in total. The van der Waals surface area contributed by atoms with E-state index in [1.807, 2.05) is 23.9 Å². The molecule has 3 rings (SSSR count). The lowest BCUT2D eigenvalue weighted by atomic mass is 10.2. The van der Waals surface area contributed by atoms with Crippen molar-refractivity contribution in [3.63, 3.8) is 0 Å². The zero-order valence-corrected chi connectivity index (χ0v) is 11.6. The number of hydrogen-bond acceptors (Lipinski definition) is 3. The lowest BCUT2D eigenvalue weighted by Gasteiger charge is -1.99. The minimum atomic E-state index is 0.815. The Kier molecular flexibility index (Phi) is 3.51. The van der Waals surface area contributed by atoms with Gasteiger partial charge in [-0.1, -0.05) is 30.3 Å². The molecule has 0 radical (unpaired) electrons. The molecule has 0 spiro atoms. The van der Waals surface area contributed by atoms with Gasteiger partial charge in [0.2, 0.25) is 0 Å². The van der Waals surface area contributed by atoms with Gasteiger partial charge in [-0.15, -0.1) is 11.8 Å². The second-order valence-electron chi connectivity index (χ2n) is 4.49. The van der Waals surface area contributed by atoms with Crippen LogP contribution < -0.4 is 0 Å². The maximum absolute atomic E-state index is 4.52. The Labute approximate surface area is 116 Å². The van der Waals surface area contributed by atoms with Crippen LogP contribution in [-0.4, -0.2) is 15.0 Å². The Morgan fingerprint density at radius 2 is 1.95 bits per heavy atom. The highest BCUT2D eigenvalue weighted by molar-refractivity contribution is 7.97. The average molecular weight is 269 g/mol. The lowest BCUT2D eigenvalue weighted by molar-refractivity contribution is 1.13. The Morgan fingerprint density at radius 1 is 1.11 bits per heavy atom. The summed E-state index contributed by atoms with van der Waals surface area (Å²) in [6.45, 7) is 2.07. The van der Waals surface area contributed by atoms with Crippen LogP contribution in [0.4, 0.5) is 0 Å². The molecule has 0 atom stereocenters. The maximum Gasteiger partial charge on any atom is 0.177 e. The molecule has 19 heavy (non-hydrogen) atoms. The van der Waals surface area contributed by atoms with Gasteiger partial charge in [-0.2, -0.15) is 0 Å². The van der Waals surface area contributed by atoms with Gasteiger partial charge < -0.3 is 4.98 Å². The molecular weight excluding hydrogens is 254 g/mol. The van der Waals surface area contributed by atoms with E-state index in [-0.39, 0.29) is 0 Å². The predicted molar refractivity (Wildman–Crippen MR) is 80.1 cm³/mol. The lowest BCUT2D eigenvalue weighted by Crippen LogP contribution is -1.85. The van der Waals surface area contributed by atoms with Crippen molar-refractivity contribution in [2.24, 2.45) is 0 Å². The fourth-order valence-electron chi connectivity index (χ4n) is 1.99. The zero-order valence-electron chi connectivity index (χ0n) is 10.8. The van der Waals surface area contributed by atoms with Crippen LogP contribution in [0.5, 0.6) is 0 Å². The number of H-pyrrole nitrogens is 1. The summed E-state index contributed by atoms with van der Waals surface area (Å²) in [6, 6.07) is 12.5. The predicted octanol–water partition coefficient (Wildman–Crippen LogP) is 3.70. The number of nitrogens with zero attached hydrogens (tertiary/aromatic N) is 2. The summed E-state index contributed by atoms with van der Waals surface area (Å²) in [5.41, 5.74) is 4.41. The fourth-order valence-corrected chi connectivity index (χ4v) is 2.85. The summed E-state index contributed by atoms with van der Waals surface area (Å²) in [6.07, 6.45) is 1.80. The van der Waals surface area contributed by atoms with Gasteiger partial charge in [0.05, 0.1) is 11.3 Å². The third-order valence-corrected chi connectivity index (χ3v) is 4.01. The second-order valence-corrected chi connectivity index (χ2v) is 5.47. The largest absolute Gasteiger partial charge is 0.340 e. The van der Waals surface area contributed by atoms with Crippen LogP contribution >= 0.6 is 11.8 Å². The molecule has 4 heteroatoms. The first-order chi connectivity index (χ1) is 9.33. The summed E-state index contributed by atoms with van der Waals surface area (Å²) < 4.78 is 0. The highest BCUT2D eigenvalue weighted by Gasteiger charge is 2.05. The van der Waals surface area contributed by atoms with E-state index in [1.165, 1.54) is 11.1 Å². The Morgan fingerprint density at radius 3 is 2.74 bits per heavy atom. The van der Waals surface area contributed by atoms with E-state index in [9.17, 15) is 0 Å². The van der Waals surface area contributed by atoms with Crippen LogP contribution in [0, 0.1) is 6.92 Å².